The number of aromatic carboxylic acids is 1. The Morgan fingerprint density at radius 2 is 2.38 bits per heavy atom. The van der Waals surface area contributed by atoms with Crippen molar-refractivity contribution >= 4 is 11.8 Å². The van der Waals surface area contributed by atoms with Crippen LogP contribution in [0.5, 0.6) is 0 Å². The first kappa shape index (κ1) is 12.0. The van der Waals surface area contributed by atoms with Gasteiger partial charge in [-0.3, -0.25) is 0 Å². The number of carboxylic acids is 1. The molecule has 0 radical (unpaired) electrons. The van der Waals surface area contributed by atoms with Crippen LogP contribution in [-0.4, -0.2) is 33.8 Å². The van der Waals surface area contributed by atoms with Crippen molar-refractivity contribution in [3.05, 3.63) is 23.9 Å². The van der Waals surface area contributed by atoms with Crippen LogP contribution < -0.4 is 5.32 Å². The molecule has 16 heavy (non-hydrogen) atoms. The van der Waals surface area contributed by atoms with Crippen molar-refractivity contribution in [2.24, 2.45) is 0 Å². The molecule has 84 valence electrons. The van der Waals surface area contributed by atoms with Gasteiger partial charge in [-0.2, -0.15) is 0 Å². The number of nitrogens with zero attached hydrogens (tertiary/aromatic N) is 1. The van der Waals surface area contributed by atoms with Crippen LogP contribution in [0, 0.1) is 12.3 Å². The molecular formula is C11H12N2O3. The van der Waals surface area contributed by atoms with Gasteiger partial charge in [0.2, 0.25) is 0 Å². The number of hydrogen-bond donors (Lipinski definition) is 3. The smallest absolute Gasteiger partial charge is 0.354 e. The van der Waals surface area contributed by atoms with Crippen LogP contribution in [0.4, 0.5) is 5.82 Å². The molecule has 0 saturated heterocycles. The van der Waals surface area contributed by atoms with Gasteiger partial charge < -0.3 is 15.5 Å². The summed E-state index contributed by atoms with van der Waals surface area (Å²) in [5.74, 6) is 1.70. The largest absolute Gasteiger partial charge is 0.477 e. The average Bonchev–Trinajstić information content (AvgIpc) is 2.29. The Kier molecular flexibility index (Phi) is 4.30. The van der Waals surface area contributed by atoms with Crippen LogP contribution in [0.2, 0.25) is 0 Å². The van der Waals surface area contributed by atoms with E-state index in [0.29, 0.717) is 12.2 Å². The zero-order valence-corrected chi connectivity index (χ0v) is 8.55. The average molecular weight is 220 g/mol. The molecule has 5 heteroatoms. The highest BCUT2D eigenvalue weighted by Gasteiger charge is 2.08. The number of terminal acetylenes is 1. The minimum atomic E-state index is -1.10. The highest BCUT2D eigenvalue weighted by molar-refractivity contribution is 5.85. The lowest BCUT2D eigenvalue weighted by atomic mass is 10.2. The van der Waals surface area contributed by atoms with Crippen LogP contribution in [0.25, 0.3) is 0 Å². The van der Waals surface area contributed by atoms with Crippen molar-refractivity contribution in [1.29, 1.82) is 0 Å². The molecule has 0 amide bonds. The third-order valence-corrected chi connectivity index (χ3v) is 1.90. The maximum atomic E-state index is 10.7. The normalized spacial score (nSPS) is 11.5. The molecule has 1 aromatic heterocycles. The fourth-order valence-electron chi connectivity index (χ4n) is 1.15. The second kappa shape index (κ2) is 5.73. The van der Waals surface area contributed by atoms with E-state index in [1.807, 2.05) is 0 Å². The van der Waals surface area contributed by atoms with Crippen LogP contribution in [0.3, 0.4) is 0 Å². The molecule has 1 rings (SSSR count). The number of aromatic nitrogens is 1. The van der Waals surface area contributed by atoms with E-state index in [2.05, 4.69) is 16.2 Å². The fraction of sp³-hybridized carbons (Fsp3) is 0.273. The molecule has 1 aromatic rings. The zero-order chi connectivity index (χ0) is 12.0. The Balaban J connectivity index is 2.77. The van der Waals surface area contributed by atoms with Gasteiger partial charge >= 0.3 is 5.97 Å². The minimum Gasteiger partial charge on any atom is -0.477 e. The quantitative estimate of drug-likeness (QED) is 0.632. The number of pyridine rings is 1. The number of carbonyl (C=O) groups is 1. The van der Waals surface area contributed by atoms with Gasteiger partial charge in [-0.15, -0.1) is 12.3 Å². The third kappa shape index (κ3) is 3.26. The first-order valence-corrected chi connectivity index (χ1v) is 4.68. The Morgan fingerprint density at radius 3 is 2.94 bits per heavy atom. The molecule has 1 heterocycles. The van der Waals surface area contributed by atoms with Crippen molar-refractivity contribution in [1.82, 2.24) is 4.98 Å². The fourth-order valence-corrected chi connectivity index (χ4v) is 1.15. The van der Waals surface area contributed by atoms with E-state index in [4.69, 9.17) is 16.6 Å². The molecule has 3 N–H and O–H groups in total. The van der Waals surface area contributed by atoms with Gasteiger partial charge in [0, 0.05) is 6.42 Å². The van der Waals surface area contributed by atoms with Crippen LogP contribution in [0.1, 0.15) is 16.9 Å². The number of anilines is 1. The highest BCUT2D eigenvalue weighted by Crippen LogP contribution is 2.07. The molecule has 0 aliphatic carbocycles. The monoisotopic (exact) mass is 220 g/mol. The molecule has 5 nitrogen and oxygen atoms in total. The Labute approximate surface area is 93.1 Å². The van der Waals surface area contributed by atoms with E-state index in [-0.39, 0.29) is 18.3 Å². The first-order valence-electron chi connectivity index (χ1n) is 4.68. The van der Waals surface area contributed by atoms with Gasteiger partial charge in [0.1, 0.15) is 5.82 Å². The van der Waals surface area contributed by atoms with E-state index >= 15 is 0 Å². The number of aliphatic hydroxyl groups is 1. The molecule has 0 aromatic carbocycles. The molecule has 0 fully saturated rings. The summed E-state index contributed by atoms with van der Waals surface area (Å²) in [7, 11) is 0. The number of carboxylic acid groups (broad SMARTS) is 1. The first-order chi connectivity index (χ1) is 7.67. The lowest BCUT2D eigenvalue weighted by molar-refractivity contribution is 0.0690. The van der Waals surface area contributed by atoms with Crippen LogP contribution in [-0.2, 0) is 0 Å². The van der Waals surface area contributed by atoms with Gasteiger partial charge in [-0.1, -0.05) is 6.07 Å². The lowest BCUT2D eigenvalue weighted by Crippen LogP contribution is -2.24. The number of aliphatic hydroxyl groups excluding tert-OH is 1. The Bertz CT molecular complexity index is 412. The molecule has 0 spiro atoms. The predicted molar refractivity (Wildman–Crippen MR) is 59.1 cm³/mol. The summed E-state index contributed by atoms with van der Waals surface area (Å²) >= 11 is 0. The topological polar surface area (TPSA) is 82.5 Å². The number of rotatable bonds is 5. The second-order valence-corrected chi connectivity index (χ2v) is 3.15. The number of hydrogen-bond acceptors (Lipinski definition) is 4. The third-order valence-electron chi connectivity index (χ3n) is 1.90. The van der Waals surface area contributed by atoms with E-state index in [1.54, 1.807) is 12.1 Å². The van der Waals surface area contributed by atoms with E-state index < -0.39 is 5.97 Å². The summed E-state index contributed by atoms with van der Waals surface area (Å²) in [6.45, 7) is -0.136. The number of nitrogens with one attached hydrogen (secondary N) is 1. The van der Waals surface area contributed by atoms with Crippen LogP contribution >= 0.6 is 0 Å². The maximum Gasteiger partial charge on any atom is 0.354 e. The van der Waals surface area contributed by atoms with Crippen molar-refractivity contribution in [2.45, 2.75) is 12.5 Å². The van der Waals surface area contributed by atoms with Crippen molar-refractivity contribution in [3.63, 3.8) is 0 Å². The summed E-state index contributed by atoms with van der Waals surface area (Å²) in [5.41, 5.74) is -0.0533. The molecule has 1 unspecified atom stereocenters. The summed E-state index contributed by atoms with van der Waals surface area (Å²) in [5, 5.41) is 20.6. The van der Waals surface area contributed by atoms with E-state index in [0.717, 1.165) is 0 Å². The van der Waals surface area contributed by atoms with E-state index in [1.165, 1.54) is 6.07 Å². The summed E-state index contributed by atoms with van der Waals surface area (Å²) in [4.78, 5) is 14.5. The standard InChI is InChI=1S/C11H12N2O3/c1-2-4-8(7-14)12-10-6-3-5-9(13-10)11(15)16/h1,3,5-6,8,14H,4,7H2,(H,12,13)(H,15,16). The second-order valence-electron chi connectivity index (χ2n) is 3.15. The van der Waals surface area contributed by atoms with Gasteiger partial charge in [-0.25, -0.2) is 9.78 Å². The Morgan fingerprint density at radius 1 is 1.62 bits per heavy atom. The Hall–Kier alpha value is -2.06. The minimum absolute atomic E-state index is 0.0533. The summed E-state index contributed by atoms with van der Waals surface area (Å²) in [6, 6.07) is 4.26. The predicted octanol–water partition coefficient (Wildman–Crippen LogP) is 0.576. The zero-order valence-electron chi connectivity index (χ0n) is 8.55. The van der Waals surface area contributed by atoms with Gasteiger partial charge in [0.15, 0.2) is 5.69 Å². The van der Waals surface area contributed by atoms with Gasteiger partial charge in [0.05, 0.1) is 12.6 Å². The summed E-state index contributed by atoms with van der Waals surface area (Å²) in [6.07, 6.45) is 5.46. The molecule has 0 aliphatic heterocycles. The van der Waals surface area contributed by atoms with Crippen molar-refractivity contribution < 1.29 is 15.0 Å². The maximum absolute atomic E-state index is 10.7. The van der Waals surface area contributed by atoms with E-state index in [9.17, 15) is 4.79 Å². The van der Waals surface area contributed by atoms with Gasteiger partial charge in [0.25, 0.3) is 0 Å². The molecule has 0 aliphatic rings. The summed E-state index contributed by atoms with van der Waals surface area (Å²) < 4.78 is 0. The SMILES string of the molecule is C#CCC(CO)Nc1cccc(C(=O)O)n1. The van der Waals surface area contributed by atoms with Crippen LogP contribution in [0.15, 0.2) is 18.2 Å². The molecule has 0 bridgehead atoms. The molecule has 0 saturated carbocycles. The van der Waals surface area contributed by atoms with Gasteiger partial charge in [-0.05, 0) is 12.1 Å². The van der Waals surface area contributed by atoms with Crippen molar-refractivity contribution in [2.75, 3.05) is 11.9 Å². The van der Waals surface area contributed by atoms with Crippen molar-refractivity contribution in [3.8, 4) is 12.3 Å². The highest BCUT2D eigenvalue weighted by atomic mass is 16.4. The lowest BCUT2D eigenvalue weighted by Gasteiger charge is -2.14. The molecular weight excluding hydrogens is 208 g/mol. The molecule has 1 atom stereocenters.